The Morgan fingerprint density at radius 3 is 2.82 bits per heavy atom. The van der Waals surface area contributed by atoms with Crippen LogP contribution in [-0.2, 0) is 4.79 Å². The van der Waals surface area contributed by atoms with Crippen LogP contribution in [-0.4, -0.2) is 73.6 Å². The third-order valence-electron chi connectivity index (χ3n) is 3.96. The Kier molecular flexibility index (Phi) is 4.58. The highest BCUT2D eigenvalue weighted by atomic mass is 32.2. The van der Waals surface area contributed by atoms with E-state index in [0.29, 0.717) is 5.65 Å². The fourth-order valence-corrected chi connectivity index (χ4v) is 3.55. The van der Waals surface area contributed by atoms with Gasteiger partial charge in [0, 0.05) is 26.2 Å². The van der Waals surface area contributed by atoms with E-state index in [1.807, 2.05) is 11.8 Å². The summed E-state index contributed by atoms with van der Waals surface area (Å²) >= 11 is 1.46. The Bertz CT molecular complexity index is 652. The predicted octanol–water partition coefficient (Wildman–Crippen LogP) is 0.998. The molecule has 0 unspecified atom stereocenters. The molecule has 22 heavy (non-hydrogen) atoms. The maximum Gasteiger partial charge on any atom is 0.235 e. The van der Waals surface area contributed by atoms with E-state index in [1.165, 1.54) is 18.1 Å². The molecule has 1 atom stereocenters. The molecule has 0 spiro atoms. The maximum atomic E-state index is 12.6. The summed E-state index contributed by atoms with van der Waals surface area (Å²) in [5, 5.41) is 0.602. The number of H-pyrrole nitrogens is 1. The number of rotatable bonds is 4. The van der Waals surface area contributed by atoms with Gasteiger partial charge in [-0.25, -0.2) is 15.0 Å². The highest BCUT2D eigenvalue weighted by Crippen LogP contribution is 2.27. The van der Waals surface area contributed by atoms with Gasteiger partial charge in [-0.05, 0) is 13.5 Å². The van der Waals surface area contributed by atoms with Crippen molar-refractivity contribution in [3.63, 3.8) is 0 Å². The minimum atomic E-state index is -0.172. The molecule has 7 nitrogen and oxygen atoms in total. The van der Waals surface area contributed by atoms with Crippen molar-refractivity contribution in [3.8, 4) is 0 Å². The Hall–Kier alpha value is -1.67. The fraction of sp³-hybridized carbons (Fsp3) is 0.571. The number of fused-ring (bicyclic) bond motifs is 1. The average Bonchev–Trinajstić information content (AvgIpc) is 3.04. The zero-order valence-corrected chi connectivity index (χ0v) is 13.6. The maximum absolute atomic E-state index is 12.6. The number of carbonyl (C=O) groups is 1. The standard InChI is InChI=1S/C14H20N6OS/c1-3-19-4-6-20(7-5-19)14(21)10(2)22-13-11-12(16-8-15-11)17-9-18-13/h8-10H,3-7H2,1-2H3,(H,15,16,17,18)/t10-/m1/s1. The third-order valence-corrected chi connectivity index (χ3v) is 5.04. The van der Waals surface area contributed by atoms with Crippen molar-refractivity contribution in [1.29, 1.82) is 0 Å². The van der Waals surface area contributed by atoms with Crippen LogP contribution in [0.1, 0.15) is 13.8 Å². The number of amides is 1. The van der Waals surface area contributed by atoms with Crippen molar-refractivity contribution in [2.24, 2.45) is 0 Å². The van der Waals surface area contributed by atoms with Gasteiger partial charge in [-0.1, -0.05) is 18.7 Å². The lowest BCUT2D eigenvalue weighted by atomic mass is 10.3. The minimum Gasteiger partial charge on any atom is -0.341 e. The smallest absolute Gasteiger partial charge is 0.235 e. The number of hydrogen-bond donors (Lipinski definition) is 1. The molecule has 3 heterocycles. The second-order valence-electron chi connectivity index (χ2n) is 5.30. The van der Waals surface area contributed by atoms with Gasteiger partial charge in [0.1, 0.15) is 16.9 Å². The molecule has 0 aliphatic carbocycles. The second-order valence-corrected chi connectivity index (χ2v) is 6.63. The second kappa shape index (κ2) is 6.62. The number of nitrogens with zero attached hydrogens (tertiary/aromatic N) is 5. The van der Waals surface area contributed by atoms with E-state index < -0.39 is 0 Å². The van der Waals surface area contributed by atoms with Gasteiger partial charge >= 0.3 is 0 Å². The molecule has 1 aliphatic heterocycles. The van der Waals surface area contributed by atoms with E-state index in [4.69, 9.17) is 0 Å². The van der Waals surface area contributed by atoms with Gasteiger partial charge in [0.25, 0.3) is 0 Å². The molecule has 0 aromatic carbocycles. The molecular formula is C14H20N6OS. The van der Waals surface area contributed by atoms with Crippen LogP contribution in [0.25, 0.3) is 11.2 Å². The summed E-state index contributed by atoms with van der Waals surface area (Å²) in [4.78, 5) is 32.4. The lowest BCUT2D eigenvalue weighted by molar-refractivity contribution is -0.132. The number of thioether (sulfide) groups is 1. The van der Waals surface area contributed by atoms with Crippen LogP contribution in [0.4, 0.5) is 0 Å². The first kappa shape index (κ1) is 15.2. The van der Waals surface area contributed by atoms with Crippen molar-refractivity contribution in [1.82, 2.24) is 29.7 Å². The molecule has 1 amide bonds. The Labute approximate surface area is 133 Å². The number of aromatic nitrogens is 4. The summed E-state index contributed by atoms with van der Waals surface area (Å²) < 4.78 is 0. The first-order chi connectivity index (χ1) is 10.7. The number of imidazole rings is 1. The number of likely N-dealkylation sites (N-methyl/N-ethyl adjacent to an activating group) is 1. The van der Waals surface area contributed by atoms with E-state index in [0.717, 1.165) is 43.3 Å². The van der Waals surface area contributed by atoms with Gasteiger partial charge in [0.2, 0.25) is 5.91 Å². The number of aromatic amines is 1. The predicted molar refractivity (Wildman–Crippen MR) is 85.7 cm³/mol. The van der Waals surface area contributed by atoms with Crippen LogP contribution in [0.2, 0.25) is 0 Å². The van der Waals surface area contributed by atoms with Gasteiger partial charge in [0.05, 0.1) is 11.6 Å². The SMILES string of the molecule is CCN1CCN(C(=O)[C@@H](C)Sc2ncnc3nc[nH]c23)CC1. The van der Waals surface area contributed by atoms with Gasteiger partial charge in [-0.3, -0.25) is 4.79 Å². The Morgan fingerprint density at radius 2 is 2.09 bits per heavy atom. The van der Waals surface area contributed by atoms with Gasteiger partial charge in [-0.2, -0.15) is 0 Å². The third kappa shape index (κ3) is 3.07. The quantitative estimate of drug-likeness (QED) is 0.669. The molecule has 2 aromatic rings. The number of nitrogens with one attached hydrogen (secondary N) is 1. The lowest BCUT2D eigenvalue weighted by Crippen LogP contribution is -2.50. The summed E-state index contributed by atoms with van der Waals surface area (Å²) in [5.41, 5.74) is 1.43. The summed E-state index contributed by atoms with van der Waals surface area (Å²) in [7, 11) is 0. The van der Waals surface area contributed by atoms with Crippen molar-refractivity contribution in [3.05, 3.63) is 12.7 Å². The van der Waals surface area contributed by atoms with Crippen molar-refractivity contribution in [2.45, 2.75) is 24.1 Å². The van der Waals surface area contributed by atoms with Crippen molar-refractivity contribution in [2.75, 3.05) is 32.7 Å². The first-order valence-electron chi connectivity index (χ1n) is 7.51. The Morgan fingerprint density at radius 1 is 1.32 bits per heavy atom. The van der Waals surface area contributed by atoms with Gasteiger partial charge < -0.3 is 14.8 Å². The zero-order valence-electron chi connectivity index (χ0n) is 12.8. The van der Waals surface area contributed by atoms with Crippen LogP contribution < -0.4 is 0 Å². The fourth-order valence-electron chi connectivity index (χ4n) is 2.59. The van der Waals surface area contributed by atoms with Gasteiger partial charge in [0.15, 0.2) is 5.65 Å². The van der Waals surface area contributed by atoms with E-state index >= 15 is 0 Å². The van der Waals surface area contributed by atoms with Crippen LogP contribution in [0.3, 0.4) is 0 Å². The molecule has 1 N–H and O–H groups in total. The van der Waals surface area contributed by atoms with E-state index in [2.05, 4.69) is 31.8 Å². The monoisotopic (exact) mass is 320 g/mol. The number of hydrogen-bond acceptors (Lipinski definition) is 6. The molecule has 1 aliphatic rings. The highest BCUT2D eigenvalue weighted by molar-refractivity contribution is 8.00. The van der Waals surface area contributed by atoms with Crippen LogP contribution in [0, 0.1) is 0 Å². The molecule has 1 fully saturated rings. The minimum absolute atomic E-state index is 0.172. The lowest BCUT2D eigenvalue weighted by Gasteiger charge is -2.35. The molecule has 0 radical (unpaired) electrons. The summed E-state index contributed by atoms with van der Waals surface area (Å²) in [6.07, 6.45) is 3.09. The van der Waals surface area contributed by atoms with E-state index in [-0.39, 0.29) is 11.2 Å². The summed E-state index contributed by atoms with van der Waals surface area (Å²) in [6.45, 7) is 8.66. The van der Waals surface area contributed by atoms with E-state index in [1.54, 1.807) is 6.33 Å². The normalized spacial score (nSPS) is 17.8. The van der Waals surface area contributed by atoms with Crippen molar-refractivity contribution < 1.29 is 4.79 Å². The first-order valence-corrected chi connectivity index (χ1v) is 8.39. The number of piperazine rings is 1. The summed E-state index contributed by atoms with van der Waals surface area (Å²) in [5.74, 6) is 0.173. The summed E-state index contributed by atoms with van der Waals surface area (Å²) in [6, 6.07) is 0. The molecular weight excluding hydrogens is 300 g/mol. The largest absolute Gasteiger partial charge is 0.341 e. The van der Waals surface area contributed by atoms with Gasteiger partial charge in [-0.15, -0.1) is 0 Å². The molecule has 0 saturated carbocycles. The molecule has 2 aromatic heterocycles. The molecule has 8 heteroatoms. The molecule has 1 saturated heterocycles. The van der Waals surface area contributed by atoms with Crippen LogP contribution in [0.5, 0.6) is 0 Å². The Balaban J connectivity index is 1.65. The zero-order chi connectivity index (χ0) is 15.5. The van der Waals surface area contributed by atoms with E-state index in [9.17, 15) is 4.79 Å². The molecule has 118 valence electrons. The van der Waals surface area contributed by atoms with Crippen LogP contribution in [0.15, 0.2) is 17.7 Å². The molecule has 0 bridgehead atoms. The average molecular weight is 320 g/mol. The topological polar surface area (TPSA) is 78.0 Å². The number of carbonyl (C=O) groups excluding carboxylic acids is 1. The highest BCUT2D eigenvalue weighted by Gasteiger charge is 2.26. The molecule has 3 rings (SSSR count). The van der Waals surface area contributed by atoms with Crippen LogP contribution >= 0.6 is 11.8 Å². The van der Waals surface area contributed by atoms with Crippen molar-refractivity contribution >= 4 is 28.8 Å².